The summed E-state index contributed by atoms with van der Waals surface area (Å²) >= 11 is 1.29. The SMILES string of the molecule is CCN(Cc1ccccc1)C(=O)c1sc2nc(C)[nH]c(=O)c2c1C. The second-order valence-electron chi connectivity index (χ2n) is 5.69. The maximum absolute atomic E-state index is 13.0. The number of amides is 1. The molecule has 0 fully saturated rings. The number of fused-ring (bicyclic) bond motifs is 1. The first-order chi connectivity index (χ1) is 11.5. The highest BCUT2D eigenvalue weighted by atomic mass is 32.1. The van der Waals surface area contributed by atoms with Gasteiger partial charge in [0.05, 0.1) is 10.3 Å². The maximum Gasteiger partial charge on any atom is 0.264 e. The van der Waals surface area contributed by atoms with Gasteiger partial charge in [0.25, 0.3) is 11.5 Å². The molecule has 3 rings (SSSR count). The minimum absolute atomic E-state index is 0.0566. The van der Waals surface area contributed by atoms with Gasteiger partial charge in [0, 0.05) is 13.1 Å². The van der Waals surface area contributed by atoms with Gasteiger partial charge in [0.2, 0.25) is 0 Å². The van der Waals surface area contributed by atoms with E-state index < -0.39 is 0 Å². The predicted octanol–water partition coefficient (Wildman–Crippen LogP) is 3.26. The molecule has 0 spiro atoms. The van der Waals surface area contributed by atoms with Crippen LogP contribution >= 0.6 is 11.3 Å². The third-order valence-corrected chi connectivity index (χ3v) is 5.17. The molecule has 0 unspecified atom stereocenters. The zero-order valence-electron chi connectivity index (χ0n) is 13.9. The average Bonchev–Trinajstić information content (AvgIpc) is 2.89. The third-order valence-electron chi connectivity index (χ3n) is 4.00. The predicted molar refractivity (Wildman–Crippen MR) is 96.6 cm³/mol. The van der Waals surface area contributed by atoms with E-state index in [1.165, 1.54) is 11.3 Å². The highest BCUT2D eigenvalue weighted by Gasteiger charge is 2.22. The molecule has 24 heavy (non-hydrogen) atoms. The van der Waals surface area contributed by atoms with Gasteiger partial charge in [0.15, 0.2) is 0 Å². The highest BCUT2D eigenvalue weighted by molar-refractivity contribution is 7.20. The van der Waals surface area contributed by atoms with Gasteiger partial charge in [-0.15, -0.1) is 11.3 Å². The van der Waals surface area contributed by atoms with Crippen molar-refractivity contribution in [3.63, 3.8) is 0 Å². The van der Waals surface area contributed by atoms with E-state index >= 15 is 0 Å². The summed E-state index contributed by atoms with van der Waals surface area (Å²) in [7, 11) is 0. The molecule has 0 aliphatic rings. The Morgan fingerprint density at radius 3 is 2.62 bits per heavy atom. The summed E-state index contributed by atoms with van der Waals surface area (Å²) in [6.45, 7) is 6.66. The van der Waals surface area contributed by atoms with E-state index in [1.807, 2.05) is 44.2 Å². The fourth-order valence-electron chi connectivity index (χ4n) is 2.73. The Morgan fingerprint density at radius 2 is 1.96 bits per heavy atom. The van der Waals surface area contributed by atoms with Crippen LogP contribution in [0.3, 0.4) is 0 Å². The lowest BCUT2D eigenvalue weighted by molar-refractivity contribution is 0.0757. The number of carbonyl (C=O) groups excluding carboxylic acids is 1. The first kappa shape index (κ1) is 16.4. The van der Waals surface area contributed by atoms with E-state index in [2.05, 4.69) is 9.97 Å². The molecule has 5 nitrogen and oxygen atoms in total. The summed E-state index contributed by atoms with van der Waals surface area (Å²) in [6.07, 6.45) is 0. The zero-order valence-corrected chi connectivity index (χ0v) is 14.7. The summed E-state index contributed by atoms with van der Waals surface area (Å²) in [5.41, 5.74) is 1.61. The Balaban J connectivity index is 1.99. The fourth-order valence-corrected chi connectivity index (χ4v) is 3.93. The van der Waals surface area contributed by atoms with Gasteiger partial charge in [-0.05, 0) is 31.9 Å². The quantitative estimate of drug-likeness (QED) is 0.792. The van der Waals surface area contributed by atoms with Crippen LogP contribution in [0.4, 0.5) is 0 Å². The summed E-state index contributed by atoms with van der Waals surface area (Å²) in [5, 5.41) is 0.518. The first-order valence-corrected chi connectivity index (χ1v) is 8.66. The number of H-pyrrole nitrogens is 1. The van der Waals surface area contributed by atoms with Crippen LogP contribution in [-0.4, -0.2) is 27.3 Å². The zero-order chi connectivity index (χ0) is 17.3. The van der Waals surface area contributed by atoms with E-state index in [1.54, 1.807) is 11.8 Å². The number of hydrogen-bond acceptors (Lipinski definition) is 4. The van der Waals surface area contributed by atoms with Crippen LogP contribution in [0.25, 0.3) is 10.2 Å². The molecule has 1 N–H and O–H groups in total. The van der Waals surface area contributed by atoms with Crippen LogP contribution in [0.15, 0.2) is 35.1 Å². The highest BCUT2D eigenvalue weighted by Crippen LogP contribution is 2.28. The van der Waals surface area contributed by atoms with Crippen LogP contribution in [0.2, 0.25) is 0 Å². The third kappa shape index (κ3) is 2.97. The van der Waals surface area contributed by atoms with E-state index in [4.69, 9.17) is 0 Å². The smallest absolute Gasteiger partial charge is 0.264 e. The van der Waals surface area contributed by atoms with Gasteiger partial charge in [0.1, 0.15) is 10.7 Å². The second-order valence-corrected chi connectivity index (χ2v) is 6.69. The van der Waals surface area contributed by atoms with Crippen molar-refractivity contribution in [2.45, 2.75) is 27.3 Å². The number of nitrogens with zero attached hydrogens (tertiary/aromatic N) is 2. The number of nitrogens with one attached hydrogen (secondary N) is 1. The standard InChI is InChI=1S/C18H19N3O2S/c1-4-21(10-13-8-6-5-7-9-13)18(23)15-11(2)14-16(22)19-12(3)20-17(14)24-15/h5-9H,4,10H2,1-3H3,(H,19,20,22). The van der Waals surface area contributed by atoms with E-state index in [0.717, 1.165) is 5.56 Å². The summed E-state index contributed by atoms with van der Waals surface area (Å²) in [6, 6.07) is 9.89. The Kier molecular flexibility index (Phi) is 4.49. The summed E-state index contributed by atoms with van der Waals surface area (Å²) < 4.78 is 0. The second kappa shape index (κ2) is 6.57. The topological polar surface area (TPSA) is 66.1 Å². The van der Waals surface area contributed by atoms with Crippen LogP contribution in [0.1, 0.15) is 33.5 Å². The number of aromatic amines is 1. The van der Waals surface area contributed by atoms with Gasteiger partial charge in [-0.1, -0.05) is 30.3 Å². The maximum atomic E-state index is 13.0. The van der Waals surface area contributed by atoms with Crippen molar-refractivity contribution in [2.24, 2.45) is 0 Å². The number of aryl methyl sites for hydroxylation is 2. The van der Waals surface area contributed by atoms with Crippen molar-refractivity contribution in [2.75, 3.05) is 6.54 Å². The lowest BCUT2D eigenvalue weighted by Crippen LogP contribution is -2.30. The van der Waals surface area contributed by atoms with Crippen molar-refractivity contribution < 1.29 is 4.79 Å². The van der Waals surface area contributed by atoms with E-state index in [0.29, 0.717) is 39.6 Å². The van der Waals surface area contributed by atoms with Gasteiger partial charge in [-0.2, -0.15) is 0 Å². The van der Waals surface area contributed by atoms with Crippen LogP contribution in [0.5, 0.6) is 0 Å². The normalized spacial score (nSPS) is 11.0. The Hall–Kier alpha value is -2.47. The van der Waals surface area contributed by atoms with Crippen LogP contribution in [0, 0.1) is 13.8 Å². The van der Waals surface area contributed by atoms with Crippen molar-refractivity contribution in [3.8, 4) is 0 Å². The average molecular weight is 341 g/mol. The molecule has 1 amide bonds. The molecule has 0 bridgehead atoms. The Bertz CT molecular complexity index is 944. The van der Waals surface area contributed by atoms with Crippen molar-refractivity contribution >= 4 is 27.5 Å². The van der Waals surface area contributed by atoms with Crippen molar-refractivity contribution in [1.82, 2.24) is 14.9 Å². The number of carbonyl (C=O) groups is 1. The molecular formula is C18H19N3O2S. The van der Waals surface area contributed by atoms with Gasteiger partial charge in [-0.3, -0.25) is 9.59 Å². The summed E-state index contributed by atoms with van der Waals surface area (Å²) in [4.78, 5) is 35.2. The molecule has 3 aromatic rings. The van der Waals surface area contributed by atoms with E-state index in [9.17, 15) is 9.59 Å². The lowest BCUT2D eigenvalue weighted by atomic mass is 10.1. The van der Waals surface area contributed by atoms with Crippen LogP contribution < -0.4 is 5.56 Å². The minimum atomic E-state index is -0.184. The van der Waals surface area contributed by atoms with E-state index in [-0.39, 0.29) is 11.5 Å². The molecule has 2 aromatic heterocycles. The van der Waals surface area contributed by atoms with Gasteiger partial charge >= 0.3 is 0 Å². The monoisotopic (exact) mass is 341 g/mol. The molecule has 0 aliphatic heterocycles. The number of thiophene rings is 1. The van der Waals surface area contributed by atoms with Gasteiger partial charge < -0.3 is 9.88 Å². The fraction of sp³-hybridized carbons (Fsp3) is 0.278. The Morgan fingerprint density at radius 1 is 1.25 bits per heavy atom. The molecule has 6 heteroatoms. The Labute approximate surface area is 144 Å². The molecule has 0 radical (unpaired) electrons. The summed E-state index contributed by atoms with van der Waals surface area (Å²) in [5.74, 6) is 0.503. The van der Waals surface area contributed by atoms with Gasteiger partial charge in [-0.25, -0.2) is 4.98 Å². The minimum Gasteiger partial charge on any atom is -0.334 e. The molecule has 124 valence electrons. The molecule has 0 aliphatic carbocycles. The van der Waals surface area contributed by atoms with Crippen molar-refractivity contribution in [3.05, 3.63) is 62.5 Å². The molecule has 0 saturated carbocycles. The van der Waals surface area contributed by atoms with Crippen LogP contribution in [-0.2, 0) is 6.54 Å². The number of benzene rings is 1. The lowest BCUT2D eigenvalue weighted by Gasteiger charge is -2.20. The molecular weight excluding hydrogens is 322 g/mol. The molecule has 2 heterocycles. The number of hydrogen-bond donors (Lipinski definition) is 1. The first-order valence-electron chi connectivity index (χ1n) is 7.84. The number of rotatable bonds is 4. The van der Waals surface area contributed by atoms with Crippen molar-refractivity contribution in [1.29, 1.82) is 0 Å². The number of aromatic nitrogens is 2. The molecule has 1 aromatic carbocycles. The largest absolute Gasteiger partial charge is 0.334 e. The molecule has 0 atom stereocenters. The molecule has 0 saturated heterocycles.